The number of carbonyl (C=O) groups excluding carboxylic acids is 2. The molecule has 0 spiro atoms. The van der Waals surface area contributed by atoms with Crippen molar-refractivity contribution in [3.8, 4) is 0 Å². The van der Waals surface area contributed by atoms with Crippen LogP contribution >= 0.6 is 11.6 Å². The van der Waals surface area contributed by atoms with Crippen LogP contribution in [0.25, 0.3) is 5.65 Å². The molecule has 2 fully saturated rings. The molecular formula is C26H29ClN4O3. The molecule has 3 heterocycles. The summed E-state index contributed by atoms with van der Waals surface area (Å²) >= 11 is 6.10. The summed E-state index contributed by atoms with van der Waals surface area (Å²) in [5.74, 6) is 0.422. The number of amides is 2. The molecule has 0 bridgehead atoms. The number of nitrogens with zero attached hydrogens (tertiary/aromatic N) is 2. The van der Waals surface area contributed by atoms with Crippen molar-refractivity contribution in [2.45, 2.75) is 37.5 Å². The molecule has 2 amide bonds. The van der Waals surface area contributed by atoms with E-state index in [4.69, 9.17) is 16.3 Å². The van der Waals surface area contributed by atoms with Crippen molar-refractivity contribution in [1.82, 2.24) is 20.0 Å². The van der Waals surface area contributed by atoms with E-state index in [1.54, 1.807) is 16.7 Å². The number of halogens is 1. The Morgan fingerprint density at radius 3 is 2.59 bits per heavy atom. The molecular weight excluding hydrogens is 452 g/mol. The summed E-state index contributed by atoms with van der Waals surface area (Å²) in [4.78, 5) is 30.1. The van der Waals surface area contributed by atoms with Crippen LogP contribution in [0.4, 0.5) is 0 Å². The molecule has 0 radical (unpaired) electrons. The van der Waals surface area contributed by atoms with Gasteiger partial charge in [0.15, 0.2) is 0 Å². The van der Waals surface area contributed by atoms with Crippen LogP contribution in [-0.4, -0.2) is 47.5 Å². The highest BCUT2D eigenvalue weighted by atomic mass is 35.5. The number of hydrogen-bond acceptors (Lipinski definition) is 4. The fraction of sp³-hybridized carbons (Fsp3) is 0.423. The Hall–Kier alpha value is -2.90. The quantitative estimate of drug-likeness (QED) is 0.516. The normalized spacial score (nSPS) is 17.4. The van der Waals surface area contributed by atoms with E-state index in [-0.39, 0.29) is 23.7 Å². The summed E-state index contributed by atoms with van der Waals surface area (Å²) in [5, 5.41) is 6.81. The summed E-state index contributed by atoms with van der Waals surface area (Å²) in [6, 6.07) is 13.3. The molecule has 2 N–H and O–H groups in total. The van der Waals surface area contributed by atoms with Crippen LogP contribution in [-0.2, 0) is 21.4 Å². The SMILES string of the molecule is O=C(Cc1cn2c(C(=O)NCC3(c4ccc(Cl)cc4)CCOCC3)cccc2n1)NCC1CC1. The molecule has 5 rings (SSSR count). The molecule has 1 aromatic carbocycles. The first-order valence-electron chi connectivity index (χ1n) is 11.9. The summed E-state index contributed by atoms with van der Waals surface area (Å²) in [5.41, 5.74) is 2.74. The highest BCUT2D eigenvalue weighted by Crippen LogP contribution is 2.35. The number of ether oxygens (including phenoxy) is 1. The summed E-state index contributed by atoms with van der Waals surface area (Å²) in [7, 11) is 0. The Morgan fingerprint density at radius 2 is 1.85 bits per heavy atom. The largest absolute Gasteiger partial charge is 0.381 e. The molecule has 7 nitrogen and oxygen atoms in total. The van der Waals surface area contributed by atoms with Gasteiger partial charge in [0.1, 0.15) is 11.3 Å². The van der Waals surface area contributed by atoms with Gasteiger partial charge in [0.05, 0.1) is 12.1 Å². The van der Waals surface area contributed by atoms with E-state index in [1.807, 2.05) is 36.4 Å². The van der Waals surface area contributed by atoms with Crippen molar-refractivity contribution < 1.29 is 14.3 Å². The third-order valence-electron chi connectivity index (χ3n) is 6.90. The lowest BCUT2D eigenvalue weighted by Gasteiger charge is -2.38. The van der Waals surface area contributed by atoms with Crippen LogP contribution in [0.5, 0.6) is 0 Å². The zero-order valence-electron chi connectivity index (χ0n) is 19.1. The number of rotatable bonds is 8. The van der Waals surface area contributed by atoms with Crippen molar-refractivity contribution in [3.63, 3.8) is 0 Å². The average Bonchev–Trinajstić information content (AvgIpc) is 3.59. The van der Waals surface area contributed by atoms with E-state index in [0.717, 1.165) is 24.9 Å². The van der Waals surface area contributed by atoms with Gasteiger partial charge in [-0.2, -0.15) is 0 Å². The molecule has 2 aliphatic rings. The van der Waals surface area contributed by atoms with Crippen LogP contribution < -0.4 is 10.6 Å². The third kappa shape index (κ3) is 5.10. The second-order valence-electron chi connectivity index (χ2n) is 9.38. The first-order valence-corrected chi connectivity index (χ1v) is 12.3. The van der Waals surface area contributed by atoms with E-state index in [2.05, 4.69) is 15.6 Å². The van der Waals surface area contributed by atoms with E-state index < -0.39 is 0 Å². The molecule has 1 saturated heterocycles. The zero-order chi connectivity index (χ0) is 23.5. The smallest absolute Gasteiger partial charge is 0.268 e. The number of pyridine rings is 1. The van der Waals surface area contributed by atoms with Gasteiger partial charge < -0.3 is 15.4 Å². The molecule has 1 saturated carbocycles. The highest BCUT2D eigenvalue weighted by Gasteiger charge is 2.35. The van der Waals surface area contributed by atoms with E-state index in [0.29, 0.717) is 47.7 Å². The molecule has 1 aliphatic heterocycles. The number of imidazole rings is 1. The number of aromatic nitrogens is 2. The fourth-order valence-electron chi connectivity index (χ4n) is 4.61. The molecule has 34 heavy (non-hydrogen) atoms. The molecule has 1 aliphatic carbocycles. The minimum atomic E-state index is -0.202. The van der Waals surface area contributed by atoms with Gasteiger partial charge in [-0.25, -0.2) is 4.98 Å². The summed E-state index contributed by atoms with van der Waals surface area (Å²) in [6.45, 7) is 2.54. The predicted molar refractivity (Wildman–Crippen MR) is 130 cm³/mol. The number of nitrogens with one attached hydrogen (secondary N) is 2. The Balaban J connectivity index is 1.30. The minimum Gasteiger partial charge on any atom is -0.381 e. The lowest BCUT2D eigenvalue weighted by molar-refractivity contribution is -0.120. The van der Waals surface area contributed by atoms with Crippen molar-refractivity contribution in [3.05, 3.63) is 70.6 Å². The number of carbonyl (C=O) groups is 2. The first-order chi connectivity index (χ1) is 16.5. The van der Waals surface area contributed by atoms with Crippen LogP contribution in [0.3, 0.4) is 0 Å². The maximum absolute atomic E-state index is 13.3. The van der Waals surface area contributed by atoms with E-state index in [9.17, 15) is 9.59 Å². The first kappa shape index (κ1) is 22.9. The molecule has 2 aromatic heterocycles. The predicted octanol–water partition coefficient (Wildman–Crippen LogP) is 3.53. The zero-order valence-corrected chi connectivity index (χ0v) is 19.8. The van der Waals surface area contributed by atoms with Crippen molar-refractivity contribution in [1.29, 1.82) is 0 Å². The number of hydrogen-bond donors (Lipinski definition) is 2. The van der Waals surface area contributed by atoms with Crippen LogP contribution in [0.2, 0.25) is 5.02 Å². The van der Waals surface area contributed by atoms with Crippen molar-refractivity contribution in [2.75, 3.05) is 26.3 Å². The third-order valence-corrected chi connectivity index (χ3v) is 7.15. The summed E-state index contributed by atoms with van der Waals surface area (Å²) < 4.78 is 7.37. The maximum Gasteiger partial charge on any atom is 0.268 e. The fourth-order valence-corrected chi connectivity index (χ4v) is 4.74. The Kier molecular flexibility index (Phi) is 6.57. The second kappa shape index (κ2) is 9.76. The second-order valence-corrected chi connectivity index (χ2v) is 9.81. The van der Waals surface area contributed by atoms with Crippen LogP contribution in [0.15, 0.2) is 48.7 Å². The Labute approximate surface area is 203 Å². The van der Waals surface area contributed by atoms with Crippen LogP contribution in [0.1, 0.15) is 47.4 Å². The molecule has 0 atom stereocenters. The lowest BCUT2D eigenvalue weighted by Crippen LogP contribution is -2.44. The molecule has 8 heteroatoms. The van der Waals surface area contributed by atoms with Gasteiger partial charge >= 0.3 is 0 Å². The van der Waals surface area contributed by atoms with Gasteiger partial charge in [-0.1, -0.05) is 29.8 Å². The van der Waals surface area contributed by atoms with Gasteiger partial charge in [-0.15, -0.1) is 0 Å². The molecule has 0 unspecified atom stereocenters. The molecule has 178 valence electrons. The van der Waals surface area contributed by atoms with E-state index in [1.165, 1.54) is 12.8 Å². The van der Waals surface area contributed by atoms with Crippen molar-refractivity contribution >= 4 is 29.1 Å². The van der Waals surface area contributed by atoms with Gasteiger partial charge in [0, 0.05) is 42.9 Å². The monoisotopic (exact) mass is 480 g/mol. The van der Waals surface area contributed by atoms with Gasteiger partial charge in [-0.3, -0.25) is 14.0 Å². The average molecular weight is 481 g/mol. The van der Waals surface area contributed by atoms with Gasteiger partial charge in [0.2, 0.25) is 5.91 Å². The number of benzene rings is 1. The Morgan fingerprint density at radius 1 is 1.09 bits per heavy atom. The number of fused-ring (bicyclic) bond motifs is 1. The summed E-state index contributed by atoms with van der Waals surface area (Å²) in [6.07, 6.45) is 6.02. The van der Waals surface area contributed by atoms with Gasteiger partial charge in [0.25, 0.3) is 5.91 Å². The van der Waals surface area contributed by atoms with Gasteiger partial charge in [-0.05, 0) is 61.4 Å². The lowest BCUT2D eigenvalue weighted by atomic mass is 9.74. The maximum atomic E-state index is 13.3. The van der Waals surface area contributed by atoms with Crippen LogP contribution in [0, 0.1) is 5.92 Å². The topological polar surface area (TPSA) is 84.7 Å². The molecule has 3 aromatic rings. The van der Waals surface area contributed by atoms with Crippen molar-refractivity contribution in [2.24, 2.45) is 5.92 Å². The Bertz CT molecular complexity index is 1180. The highest BCUT2D eigenvalue weighted by molar-refractivity contribution is 6.30. The minimum absolute atomic E-state index is 0.0364. The standard InChI is InChI=1S/C26H29ClN4O3/c27-20-8-6-19(7-9-20)26(10-12-34-13-11-26)17-29-25(33)22-2-1-3-23-30-21(16-31(22)23)14-24(32)28-15-18-4-5-18/h1-3,6-9,16,18H,4-5,10-15,17H2,(H,28,32)(H,29,33). The van der Waals surface area contributed by atoms with E-state index >= 15 is 0 Å².